The van der Waals surface area contributed by atoms with Crippen LogP contribution in [0.3, 0.4) is 0 Å². The van der Waals surface area contributed by atoms with Crippen LogP contribution in [0, 0.1) is 6.92 Å². The van der Waals surface area contributed by atoms with Crippen LogP contribution in [0.5, 0.6) is 5.75 Å². The van der Waals surface area contributed by atoms with Crippen LogP contribution in [-0.2, 0) is 0 Å². The molecule has 0 spiro atoms. The van der Waals surface area contributed by atoms with E-state index in [4.69, 9.17) is 9.73 Å². The number of nitrogens with one attached hydrogen (secondary N) is 1. The summed E-state index contributed by atoms with van der Waals surface area (Å²) in [6.45, 7) is 1.87. The molecular weight excluding hydrogens is 502 g/mol. The van der Waals surface area contributed by atoms with Crippen LogP contribution >= 0.6 is 0 Å². The lowest BCUT2D eigenvalue weighted by Crippen LogP contribution is -2.29. The Bertz CT molecular complexity index is 1740. The van der Waals surface area contributed by atoms with Gasteiger partial charge in [0.05, 0.1) is 18.5 Å². The molecule has 0 fully saturated rings. The van der Waals surface area contributed by atoms with Crippen molar-refractivity contribution in [1.29, 1.82) is 0 Å². The van der Waals surface area contributed by atoms with Gasteiger partial charge in [-0.1, -0.05) is 60.7 Å². The van der Waals surface area contributed by atoms with Crippen LogP contribution in [0.4, 0.5) is 0 Å². The second-order valence-electron chi connectivity index (χ2n) is 9.31. The number of para-hydroxylation sites is 1. The maximum atomic E-state index is 13.5. The molecule has 0 bridgehead atoms. The van der Waals surface area contributed by atoms with Crippen LogP contribution in [0.1, 0.15) is 55.2 Å². The molecule has 1 amide bonds. The molecule has 6 rings (SSSR count). The van der Waals surface area contributed by atoms with Gasteiger partial charge in [-0.2, -0.15) is 0 Å². The Morgan fingerprint density at radius 1 is 0.775 bits per heavy atom. The van der Waals surface area contributed by atoms with E-state index < -0.39 is 6.17 Å². The van der Waals surface area contributed by atoms with E-state index in [-0.39, 0.29) is 11.7 Å². The Labute approximate surface area is 231 Å². The number of aryl methyl sites for hydroxylation is 1. The summed E-state index contributed by atoms with van der Waals surface area (Å²) in [6, 6.07) is 31.2. The first-order chi connectivity index (χ1) is 19.5. The van der Waals surface area contributed by atoms with Gasteiger partial charge in [0, 0.05) is 27.8 Å². The highest BCUT2D eigenvalue weighted by Gasteiger charge is 2.29. The lowest BCUT2D eigenvalue weighted by atomic mass is 10.0. The minimum Gasteiger partial charge on any atom is -0.497 e. The lowest BCUT2D eigenvalue weighted by molar-refractivity contribution is 0.0935. The third-order valence-corrected chi connectivity index (χ3v) is 6.83. The van der Waals surface area contributed by atoms with Crippen LogP contribution in [0.15, 0.2) is 108 Å². The number of rotatable bonds is 6. The molecule has 1 aliphatic rings. The number of hydrogen-bond acceptors (Lipinski definition) is 6. The van der Waals surface area contributed by atoms with Gasteiger partial charge in [0.2, 0.25) is 0 Å². The van der Waals surface area contributed by atoms with Gasteiger partial charge in [-0.15, -0.1) is 10.2 Å². The smallest absolute Gasteiger partial charge is 0.253 e. The molecule has 1 aromatic heterocycles. The van der Waals surface area contributed by atoms with Crippen molar-refractivity contribution in [2.24, 2.45) is 4.99 Å². The fourth-order valence-electron chi connectivity index (χ4n) is 4.79. The summed E-state index contributed by atoms with van der Waals surface area (Å²) in [5.74, 6) is 1.46. The van der Waals surface area contributed by atoms with Crippen molar-refractivity contribution < 1.29 is 14.3 Å². The molecule has 1 N–H and O–H groups in total. The predicted octanol–water partition coefficient (Wildman–Crippen LogP) is 5.09. The zero-order chi connectivity index (χ0) is 27.6. The number of amides is 1. The summed E-state index contributed by atoms with van der Waals surface area (Å²) in [7, 11) is 1.62. The Morgan fingerprint density at radius 2 is 1.43 bits per heavy atom. The molecule has 40 heavy (non-hydrogen) atoms. The minimum atomic E-state index is -0.816. The molecular formula is C32H25N5O3. The second-order valence-corrected chi connectivity index (χ2v) is 9.31. The average molecular weight is 528 g/mol. The Morgan fingerprint density at radius 3 is 2.15 bits per heavy atom. The molecule has 2 heterocycles. The third kappa shape index (κ3) is 4.56. The predicted molar refractivity (Wildman–Crippen MR) is 151 cm³/mol. The number of aromatic nitrogens is 3. The van der Waals surface area contributed by atoms with E-state index >= 15 is 0 Å². The van der Waals surface area contributed by atoms with E-state index in [1.807, 2.05) is 78.2 Å². The van der Waals surface area contributed by atoms with E-state index in [2.05, 4.69) is 15.5 Å². The van der Waals surface area contributed by atoms with Crippen LogP contribution < -0.4 is 10.1 Å². The highest BCUT2D eigenvalue weighted by Crippen LogP contribution is 2.30. The van der Waals surface area contributed by atoms with Crippen molar-refractivity contribution in [3.05, 3.63) is 143 Å². The molecule has 0 radical (unpaired) electrons. The molecule has 8 nitrogen and oxygen atoms in total. The maximum Gasteiger partial charge on any atom is 0.253 e. The summed E-state index contributed by atoms with van der Waals surface area (Å²) in [5.41, 5.74) is 4.82. The number of ether oxygens (including phenoxy) is 1. The molecule has 4 aromatic carbocycles. The largest absolute Gasteiger partial charge is 0.497 e. The van der Waals surface area contributed by atoms with Gasteiger partial charge in [-0.25, -0.2) is 0 Å². The fourth-order valence-corrected chi connectivity index (χ4v) is 4.79. The number of nitrogens with zero attached hydrogens (tertiary/aromatic N) is 4. The number of carbonyl (C=O) groups is 2. The zero-order valence-corrected chi connectivity index (χ0v) is 21.9. The van der Waals surface area contributed by atoms with Gasteiger partial charge in [0.1, 0.15) is 11.6 Å². The van der Waals surface area contributed by atoms with Crippen molar-refractivity contribution in [1.82, 2.24) is 20.1 Å². The van der Waals surface area contributed by atoms with Gasteiger partial charge in [0.25, 0.3) is 5.91 Å². The zero-order valence-electron chi connectivity index (χ0n) is 21.9. The van der Waals surface area contributed by atoms with Gasteiger partial charge in [-0.3, -0.25) is 19.1 Å². The quantitative estimate of drug-likeness (QED) is 0.310. The molecule has 0 aliphatic carbocycles. The van der Waals surface area contributed by atoms with E-state index in [1.54, 1.807) is 43.5 Å². The van der Waals surface area contributed by atoms with Crippen molar-refractivity contribution >= 4 is 17.4 Å². The topological polar surface area (TPSA) is 98.5 Å². The van der Waals surface area contributed by atoms with Crippen molar-refractivity contribution in [2.45, 2.75) is 13.1 Å². The van der Waals surface area contributed by atoms with E-state index in [0.717, 1.165) is 22.6 Å². The molecule has 196 valence electrons. The molecule has 0 saturated carbocycles. The molecule has 8 heteroatoms. The molecule has 1 unspecified atom stereocenters. The maximum absolute atomic E-state index is 13.5. The number of hydrogen-bond donors (Lipinski definition) is 1. The van der Waals surface area contributed by atoms with Crippen molar-refractivity contribution in [2.75, 3.05) is 7.11 Å². The summed E-state index contributed by atoms with van der Waals surface area (Å²) in [5, 5.41) is 11.7. The standard InChI is InChI=1S/C32H25N5O3/c1-20-35-36-31-30(34-32(39)24-14-12-23(13-15-24)29(38)22-8-4-3-5-9-22)33-28(21-16-18-25(40-2)19-17-21)26-10-6-7-11-27(26)37(20)31/h3-19,30H,1-2H3,(H,34,39). The van der Waals surface area contributed by atoms with Crippen LogP contribution in [0.25, 0.3) is 5.69 Å². The number of methoxy groups -OCH3 is 1. The molecule has 1 atom stereocenters. The number of carbonyl (C=O) groups excluding carboxylic acids is 2. The second kappa shape index (κ2) is 10.4. The van der Waals surface area contributed by atoms with Gasteiger partial charge < -0.3 is 10.1 Å². The van der Waals surface area contributed by atoms with Crippen molar-refractivity contribution in [3.8, 4) is 11.4 Å². The average Bonchev–Trinajstić information content (AvgIpc) is 3.33. The SMILES string of the molecule is COc1ccc(C2=NC(NC(=O)c3ccc(C(=O)c4ccccc4)cc3)c3nnc(C)n3-c3ccccc32)cc1. The number of aliphatic imine (C=N–C) groups is 1. The summed E-state index contributed by atoms with van der Waals surface area (Å²) < 4.78 is 7.25. The van der Waals surface area contributed by atoms with Gasteiger partial charge in [-0.05, 0) is 49.4 Å². The number of fused-ring (bicyclic) bond motifs is 3. The summed E-state index contributed by atoms with van der Waals surface area (Å²) >= 11 is 0. The third-order valence-electron chi connectivity index (χ3n) is 6.83. The normalized spacial score (nSPS) is 13.8. The summed E-state index contributed by atoms with van der Waals surface area (Å²) in [4.78, 5) is 31.3. The number of benzene rings is 4. The lowest BCUT2D eigenvalue weighted by Gasteiger charge is -2.15. The Balaban J connectivity index is 1.36. The van der Waals surface area contributed by atoms with E-state index in [0.29, 0.717) is 34.1 Å². The van der Waals surface area contributed by atoms with Crippen molar-refractivity contribution in [3.63, 3.8) is 0 Å². The number of ketones is 1. The first-order valence-corrected chi connectivity index (χ1v) is 12.8. The molecule has 5 aromatic rings. The Kier molecular flexibility index (Phi) is 6.49. The fraction of sp³-hybridized carbons (Fsp3) is 0.0938. The molecule has 1 aliphatic heterocycles. The molecule has 0 saturated heterocycles. The monoisotopic (exact) mass is 527 g/mol. The minimum absolute atomic E-state index is 0.105. The van der Waals surface area contributed by atoms with E-state index in [9.17, 15) is 9.59 Å². The highest BCUT2D eigenvalue weighted by atomic mass is 16.5. The van der Waals surface area contributed by atoms with E-state index in [1.165, 1.54) is 0 Å². The van der Waals surface area contributed by atoms with Crippen LogP contribution in [-0.4, -0.2) is 39.3 Å². The highest BCUT2D eigenvalue weighted by molar-refractivity contribution is 6.15. The Hall–Kier alpha value is -5.37. The van der Waals surface area contributed by atoms with Crippen LogP contribution in [0.2, 0.25) is 0 Å². The summed E-state index contributed by atoms with van der Waals surface area (Å²) in [6.07, 6.45) is -0.816. The van der Waals surface area contributed by atoms with Gasteiger partial charge >= 0.3 is 0 Å². The first-order valence-electron chi connectivity index (χ1n) is 12.8. The van der Waals surface area contributed by atoms with Gasteiger partial charge in [0.15, 0.2) is 17.8 Å². The first kappa shape index (κ1) is 24.9.